The SMILES string of the molecule is CCCOc1cccc(/C(O)=C2\C(=O)C(=O)N(c3ccc(C(=O)OC(C)C)cc3)C2c2ccccn2)c1. The van der Waals surface area contributed by atoms with Crippen molar-refractivity contribution in [2.24, 2.45) is 0 Å². The molecule has 8 heteroatoms. The lowest BCUT2D eigenvalue weighted by Gasteiger charge is -2.24. The number of anilines is 1. The van der Waals surface area contributed by atoms with Gasteiger partial charge in [-0.15, -0.1) is 0 Å². The number of rotatable bonds is 8. The normalized spacial score (nSPS) is 16.8. The van der Waals surface area contributed by atoms with Crippen molar-refractivity contribution in [2.75, 3.05) is 11.5 Å². The summed E-state index contributed by atoms with van der Waals surface area (Å²) in [5.74, 6) is -1.92. The molecule has 1 amide bonds. The third kappa shape index (κ3) is 5.38. The van der Waals surface area contributed by atoms with Crippen molar-refractivity contribution < 1.29 is 29.0 Å². The minimum absolute atomic E-state index is 0.0837. The molecule has 2 heterocycles. The molecule has 1 aromatic heterocycles. The van der Waals surface area contributed by atoms with E-state index in [1.54, 1.807) is 74.6 Å². The highest BCUT2D eigenvalue weighted by molar-refractivity contribution is 6.51. The van der Waals surface area contributed by atoms with Crippen molar-refractivity contribution in [1.29, 1.82) is 0 Å². The predicted octanol–water partition coefficient (Wildman–Crippen LogP) is 5.06. The summed E-state index contributed by atoms with van der Waals surface area (Å²) in [6, 6.07) is 17.1. The van der Waals surface area contributed by atoms with E-state index in [2.05, 4.69) is 4.98 Å². The summed E-state index contributed by atoms with van der Waals surface area (Å²) in [5, 5.41) is 11.3. The van der Waals surface area contributed by atoms with E-state index in [9.17, 15) is 19.5 Å². The number of aliphatic hydroxyl groups excluding tert-OH is 1. The zero-order chi connectivity index (χ0) is 26.5. The van der Waals surface area contributed by atoms with E-state index in [4.69, 9.17) is 9.47 Å². The molecule has 1 aliphatic rings. The van der Waals surface area contributed by atoms with Gasteiger partial charge in [-0.05, 0) is 68.8 Å². The van der Waals surface area contributed by atoms with E-state index in [-0.39, 0.29) is 17.4 Å². The predicted molar refractivity (Wildman–Crippen MR) is 138 cm³/mol. The van der Waals surface area contributed by atoms with Crippen molar-refractivity contribution in [2.45, 2.75) is 39.3 Å². The first-order chi connectivity index (χ1) is 17.8. The number of hydrogen-bond donors (Lipinski definition) is 1. The number of amides is 1. The zero-order valence-corrected chi connectivity index (χ0v) is 20.9. The van der Waals surface area contributed by atoms with Crippen LogP contribution >= 0.6 is 0 Å². The first-order valence-corrected chi connectivity index (χ1v) is 12.1. The van der Waals surface area contributed by atoms with E-state index >= 15 is 0 Å². The topological polar surface area (TPSA) is 106 Å². The molecule has 1 N–H and O–H groups in total. The third-order valence-electron chi connectivity index (χ3n) is 5.72. The molecule has 1 atom stereocenters. The largest absolute Gasteiger partial charge is 0.507 e. The number of ether oxygens (including phenoxy) is 2. The Morgan fingerprint density at radius 2 is 1.78 bits per heavy atom. The second kappa shape index (κ2) is 11.1. The summed E-state index contributed by atoms with van der Waals surface area (Å²) in [7, 11) is 0. The molecule has 0 spiro atoms. The Labute approximate surface area is 215 Å². The quantitative estimate of drug-likeness (QED) is 0.199. The molecular weight excluding hydrogens is 472 g/mol. The number of pyridine rings is 1. The smallest absolute Gasteiger partial charge is 0.338 e. The average molecular weight is 501 g/mol. The monoisotopic (exact) mass is 500 g/mol. The summed E-state index contributed by atoms with van der Waals surface area (Å²) >= 11 is 0. The van der Waals surface area contributed by atoms with Gasteiger partial charge in [0.1, 0.15) is 17.6 Å². The van der Waals surface area contributed by atoms with Gasteiger partial charge in [-0.25, -0.2) is 4.79 Å². The van der Waals surface area contributed by atoms with Crippen LogP contribution in [0.2, 0.25) is 0 Å². The van der Waals surface area contributed by atoms with Crippen molar-refractivity contribution in [1.82, 2.24) is 4.98 Å². The Hall–Kier alpha value is -4.46. The number of carbonyl (C=O) groups excluding carboxylic acids is 3. The second-order valence-corrected chi connectivity index (χ2v) is 8.80. The molecule has 0 bridgehead atoms. The Morgan fingerprint density at radius 1 is 1.03 bits per heavy atom. The van der Waals surface area contributed by atoms with Gasteiger partial charge in [0.15, 0.2) is 0 Å². The zero-order valence-electron chi connectivity index (χ0n) is 20.9. The van der Waals surface area contributed by atoms with Crippen LogP contribution in [0.4, 0.5) is 5.69 Å². The maximum Gasteiger partial charge on any atom is 0.338 e. The van der Waals surface area contributed by atoms with E-state index in [1.807, 2.05) is 6.92 Å². The summed E-state index contributed by atoms with van der Waals surface area (Å²) in [4.78, 5) is 44.5. The van der Waals surface area contributed by atoms with Crippen LogP contribution in [0.1, 0.15) is 54.8 Å². The number of carbonyl (C=O) groups is 3. The van der Waals surface area contributed by atoms with Crippen molar-refractivity contribution >= 4 is 29.1 Å². The molecule has 190 valence electrons. The van der Waals surface area contributed by atoms with Gasteiger partial charge in [0.2, 0.25) is 0 Å². The Balaban J connectivity index is 1.79. The van der Waals surface area contributed by atoms with Crippen molar-refractivity contribution in [3.8, 4) is 5.75 Å². The first kappa shape index (κ1) is 25.6. The molecule has 1 unspecified atom stereocenters. The number of Topliss-reactive ketones (excluding diaryl/α,β-unsaturated/α-hetero) is 1. The number of aromatic nitrogens is 1. The van der Waals surface area contributed by atoms with E-state index in [0.29, 0.717) is 34.9 Å². The number of aliphatic hydroxyl groups is 1. The number of ketones is 1. The van der Waals surface area contributed by atoms with Crippen LogP contribution in [0.5, 0.6) is 5.75 Å². The van der Waals surface area contributed by atoms with Crippen LogP contribution in [0.15, 0.2) is 78.5 Å². The van der Waals surface area contributed by atoms with E-state index in [0.717, 1.165) is 6.42 Å². The number of esters is 1. The first-order valence-electron chi connectivity index (χ1n) is 12.1. The van der Waals surface area contributed by atoms with Gasteiger partial charge in [-0.3, -0.25) is 19.5 Å². The molecule has 2 aromatic carbocycles. The van der Waals surface area contributed by atoms with Crippen LogP contribution in [0.3, 0.4) is 0 Å². The molecule has 37 heavy (non-hydrogen) atoms. The maximum absolute atomic E-state index is 13.3. The minimum atomic E-state index is -0.977. The summed E-state index contributed by atoms with van der Waals surface area (Å²) in [6.07, 6.45) is 2.09. The molecule has 1 saturated heterocycles. The molecule has 8 nitrogen and oxygen atoms in total. The minimum Gasteiger partial charge on any atom is -0.507 e. The van der Waals surface area contributed by atoms with Crippen LogP contribution < -0.4 is 9.64 Å². The molecule has 0 saturated carbocycles. The van der Waals surface area contributed by atoms with Gasteiger partial charge in [0.25, 0.3) is 11.7 Å². The van der Waals surface area contributed by atoms with Gasteiger partial charge >= 0.3 is 5.97 Å². The Morgan fingerprint density at radius 3 is 2.43 bits per heavy atom. The number of benzene rings is 2. The van der Waals surface area contributed by atoms with Gasteiger partial charge in [0.05, 0.1) is 29.5 Å². The molecule has 0 radical (unpaired) electrons. The average Bonchev–Trinajstić information content (AvgIpc) is 3.17. The van der Waals surface area contributed by atoms with Crippen LogP contribution in [0.25, 0.3) is 5.76 Å². The van der Waals surface area contributed by atoms with Crippen molar-refractivity contribution in [3.63, 3.8) is 0 Å². The van der Waals surface area contributed by atoms with E-state index in [1.165, 1.54) is 17.0 Å². The third-order valence-corrected chi connectivity index (χ3v) is 5.72. The summed E-state index contributed by atoms with van der Waals surface area (Å²) < 4.78 is 10.9. The fourth-order valence-electron chi connectivity index (χ4n) is 4.07. The fraction of sp³-hybridized carbons (Fsp3) is 0.241. The summed E-state index contributed by atoms with van der Waals surface area (Å²) in [6.45, 7) is 6.00. The second-order valence-electron chi connectivity index (χ2n) is 8.80. The summed E-state index contributed by atoms with van der Waals surface area (Å²) in [5.41, 5.74) is 1.36. The highest BCUT2D eigenvalue weighted by Gasteiger charge is 2.47. The van der Waals surface area contributed by atoms with Gasteiger partial charge in [-0.1, -0.05) is 25.1 Å². The molecular formula is C29H28N2O6. The highest BCUT2D eigenvalue weighted by atomic mass is 16.5. The highest BCUT2D eigenvalue weighted by Crippen LogP contribution is 2.41. The van der Waals surface area contributed by atoms with Crippen molar-refractivity contribution in [3.05, 3.63) is 95.3 Å². The van der Waals surface area contributed by atoms with Crippen LogP contribution in [-0.2, 0) is 14.3 Å². The molecule has 1 fully saturated rings. The van der Waals surface area contributed by atoms with Gasteiger partial charge in [-0.2, -0.15) is 0 Å². The number of hydrogen-bond acceptors (Lipinski definition) is 7. The van der Waals surface area contributed by atoms with E-state index < -0.39 is 23.7 Å². The molecule has 0 aliphatic carbocycles. The number of nitrogens with zero attached hydrogens (tertiary/aromatic N) is 2. The lowest BCUT2D eigenvalue weighted by atomic mass is 9.98. The standard InChI is InChI=1S/C29H28N2O6/c1-4-16-36-22-9-7-8-20(17-22)26(32)24-25(23-10-5-6-15-30-23)31(28(34)27(24)33)21-13-11-19(12-14-21)29(35)37-18(2)3/h5-15,17-18,25,32H,4,16H2,1-3H3/b26-24+. The Kier molecular flexibility index (Phi) is 7.67. The molecule has 1 aliphatic heterocycles. The lowest BCUT2D eigenvalue weighted by Crippen LogP contribution is -2.29. The van der Waals surface area contributed by atoms with Crippen LogP contribution in [-0.4, -0.2) is 40.5 Å². The Bertz CT molecular complexity index is 1330. The molecule has 3 aromatic rings. The van der Waals surface area contributed by atoms with Crippen LogP contribution in [0, 0.1) is 0 Å². The fourth-order valence-corrected chi connectivity index (χ4v) is 4.07. The lowest BCUT2D eigenvalue weighted by molar-refractivity contribution is -0.132. The van der Waals surface area contributed by atoms with Gasteiger partial charge < -0.3 is 14.6 Å². The van der Waals surface area contributed by atoms with Gasteiger partial charge in [0, 0.05) is 17.4 Å². The molecule has 4 rings (SSSR count). The maximum atomic E-state index is 13.3.